The lowest BCUT2D eigenvalue weighted by Gasteiger charge is -2.19. The van der Waals surface area contributed by atoms with E-state index in [2.05, 4.69) is 26.0 Å². The summed E-state index contributed by atoms with van der Waals surface area (Å²) in [5, 5.41) is 3.49. The Hall–Kier alpha value is -1.72. The number of halogens is 1. The molecule has 7 heteroatoms. The molecule has 0 N–H and O–H groups in total. The summed E-state index contributed by atoms with van der Waals surface area (Å²) in [4.78, 5) is 16.1. The maximum Gasteiger partial charge on any atom is 0.410 e. The molecule has 1 aromatic carbocycles. The maximum atomic E-state index is 11.8. The zero-order valence-electron chi connectivity index (χ0n) is 10.4. The number of ether oxygens (including phenoxy) is 1. The van der Waals surface area contributed by atoms with Crippen LogP contribution < -0.4 is 0 Å². The Balaban J connectivity index is 2.09. The van der Waals surface area contributed by atoms with Gasteiger partial charge in [0.1, 0.15) is 5.60 Å². The minimum Gasteiger partial charge on any atom is -0.441 e. The number of cyclic esters (lactones) is 1. The van der Waals surface area contributed by atoms with E-state index < -0.39 is 5.60 Å². The van der Waals surface area contributed by atoms with Crippen LogP contribution in [-0.4, -0.2) is 29.7 Å². The first kappa shape index (κ1) is 13.7. The van der Waals surface area contributed by atoms with Crippen LogP contribution in [0.2, 0.25) is 0 Å². The smallest absolute Gasteiger partial charge is 0.410 e. The van der Waals surface area contributed by atoms with Crippen LogP contribution in [0.3, 0.4) is 0 Å². The number of carbonyl (C=O) groups is 1. The van der Waals surface area contributed by atoms with Gasteiger partial charge in [0.15, 0.2) is 0 Å². The van der Waals surface area contributed by atoms with E-state index in [0.717, 1.165) is 10.0 Å². The number of nitrogens with zero attached hydrogens (tertiary/aromatic N) is 4. The molecule has 19 heavy (non-hydrogen) atoms. The van der Waals surface area contributed by atoms with E-state index in [4.69, 9.17) is 10.3 Å². The van der Waals surface area contributed by atoms with Gasteiger partial charge in [-0.1, -0.05) is 39.2 Å². The molecule has 1 aliphatic rings. The molecule has 0 radical (unpaired) electrons. The molecule has 1 amide bonds. The van der Waals surface area contributed by atoms with Gasteiger partial charge in [0.05, 0.1) is 19.6 Å². The van der Waals surface area contributed by atoms with Crippen molar-refractivity contribution in [2.24, 2.45) is 5.11 Å². The second-order valence-electron chi connectivity index (χ2n) is 4.65. The fraction of sp³-hybridized carbons (Fsp3) is 0.417. The van der Waals surface area contributed by atoms with Crippen molar-refractivity contribution in [1.29, 1.82) is 0 Å². The van der Waals surface area contributed by atoms with Gasteiger partial charge in [-0.05, 0) is 24.1 Å². The van der Waals surface area contributed by atoms with Crippen LogP contribution in [0.1, 0.15) is 12.5 Å². The molecule has 0 aliphatic carbocycles. The molecule has 100 valence electrons. The molecule has 1 unspecified atom stereocenters. The Morgan fingerprint density at radius 2 is 2.32 bits per heavy atom. The van der Waals surface area contributed by atoms with Crippen molar-refractivity contribution in [2.45, 2.75) is 19.1 Å². The quantitative estimate of drug-likeness (QED) is 0.483. The van der Waals surface area contributed by atoms with Gasteiger partial charge in [0.2, 0.25) is 0 Å². The molecule has 1 saturated heterocycles. The van der Waals surface area contributed by atoms with E-state index in [0.29, 0.717) is 13.1 Å². The van der Waals surface area contributed by atoms with Crippen LogP contribution in [0.5, 0.6) is 0 Å². The zero-order valence-corrected chi connectivity index (χ0v) is 12.0. The number of hydrogen-bond acceptors (Lipinski definition) is 3. The Morgan fingerprint density at radius 3 is 3.00 bits per heavy atom. The molecule has 1 fully saturated rings. The lowest BCUT2D eigenvalue weighted by Crippen LogP contribution is -2.34. The van der Waals surface area contributed by atoms with E-state index in [1.54, 1.807) is 11.8 Å². The maximum absolute atomic E-state index is 11.8. The summed E-state index contributed by atoms with van der Waals surface area (Å²) in [5.74, 6) is 0. The molecule has 1 atom stereocenters. The Kier molecular flexibility index (Phi) is 3.97. The minimum atomic E-state index is -0.745. The fourth-order valence-corrected chi connectivity index (χ4v) is 2.40. The number of amides is 1. The highest BCUT2D eigenvalue weighted by atomic mass is 79.9. The van der Waals surface area contributed by atoms with Gasteiger partial charge < -0.3 is 4.74 Å². The minimum absolute atomic E-state index is 0.141. The molecule has 0 aromatic heterocycles. The van der Waals surface area contributed by atoms with Crippen molar-refractivity contribution in [3.05, 3.63) is 44.7 Å². The molecular weight excluding hydrogens is 312 g/mol. The molecular formula is C12H13BrN4O2. The van der Waals surface area contributed by atoms with Crippen molar-refractivity contribution in [2.75, 3.05) is 13.1 Å². The summed E-state index contributed by atoms with van der Waals surface area (Å²) in [7, 11) is 0. The predicted octanol–water partition coefficient (Wildman–Crippen LogP) is 3.47. The van der Waals surface area contributed by atoms with Crippen molar-refractivity contribution < 1.29 is 9.53 Å². The van der Waals surface area contributed by atoms with Crippen LogP contribution in [-0.2, 0) is 11.3 Å². The monoisotopic (exact) mass is 324 g/mol. The Labute approximate surface area is 119 Å². The van der Waals surface area contributed by atoms with Gasteiger partial charge in [-0.3, -0.25) is 4.90 Å². The average molecular weight is 325 g/mol. The summed E-state index contributed by atoms with van der Waals surface area (Å²) < 4.78 is 6.23. The van der Waals surface area contributed by atoms with Crippen LogP contribution in [0.15, 0.2) is 33.9 Å². The second-order valence-corrected chi connectivity index (χ2v) is 5.51. The van der Waals surface area contributed by atoms with Gasteiger partial charge in [-0.25, -0.2) is 4.79 Å². The SMILES string of the molecule is CC1(CN=[N+]=[N-])CN(Cc2ccccc2Br)C(=O)O1. The first-order chi connectivity index (χ1) is 9.04. The Bertz CT molecular complexity index is 544. The third-order valence-corrected chi connectivity index (χ3v) is 3.68. The van der Waals surface area contributed by atoms with Crippen LogP contribution in [0, 0.1) is 0 Å². The molecule has 6 nitrogen and oxygen atoms in total. The highest BCUT2D eigenvalue weighted by molar-refractivity contribution is 9.10. The third kappa shape index (κ3) is 3.19. The number of benzene rings is 1. The number of azide groups is 1. The molecule has 2 rings (SSSR count). The normalized spacial score (nSPS) is 22.0. The summed E-state index contributed by atoms with van der Waals surface area (Å²) in [6.07, 6.45) is -0.383. The fourth-order valence-electron chi connectivity index (χ4n) is 1.99. The van der Waals surface area contributed by atoms with Crippen LogP contribution >= 0.6 is 15.9 Å². The van der Waals surface area contributed by atoms with E-state index in [1.807, 2.05) is 24.3 Å². The van der Waals surface area contributed by atoms with Crippen LogP contribution in [0.25, 0.3) is 10.4 Å². The lowest BCUT2D eigenvalue weighted by molar-refractivity contribution is 0.0782. The van der Waals surface area contributed by atoms with Crippen molar-refractivity contribution in [1.82, 2.24) is 4.90 Å². The van der Waals surface area contributed by atoms with Gasteiger partial charge in [0, 0.05) is 9.38 Å². The summed E-state index contributed by atoms with van der Waals surface area (Å²) in [5.41, 5.74) is 8.60. The highest BCUT2D eigenvalue weighted by Crippen LogP contribution is 2.26. The van der Waals surface area contributed by atoms with Gasteiger partial charge >= 0.3 is 6.09 Å². The molecule has 0 spiro atoms. The first-order valence-electron chi connectivity index (χ1n) is 5.76. The van der Waals surface area contributed by atoms with Crippen molar-refractivity contribution in [3.8, 4) is 0 Å². The van der Waals surface area contributed by atoms with E-state index in [9.17, 15) is 4.79 Å². The zero-order chi connectivity index (χ0) is 13.9. The molecule has 1 aliphatic heterocycles. The first-order valence-corrected chi connectivity index (χ1v) is 6.55. The van der Waals surface area contributed by atoms with Crippen LogP contribution in [0.4, 0.5) is 4.79 Å². The number of rotatable bonds is 4. The summed E-state index contributed by atoms with van der Waals surface area (Å²) in [6.45, 7) is 2.78. The molecule has 1 aromatic rings. The van der Waals surface area contributed by atoms with E-state index in [-0.39, 0.29) is 12.6 Å². The van der Waals surface area contributed by atoms with E-state index in [1.165, 1.54) is 0 Å². The van der Waals surface area contributed by atoms with Crippen molar-refractivity contribution in [3.63, 3.8) is 0 Å². The lowest BCUT2D eigenvalue weighted by atomic mass is 10.1. The largest absolute Gasteiger partial charge is 0.441 e. The van der Waals surface area contributed by atoms with Gasteiger partial charge in [-0.2, -0.15) is 0 Å². The average Bonchev–Trinajstić information content (AvgIpc) is 2.65. The van der Waals surface area contributed by atoms with Gasteiger partial charge in [-0.15, -0.1) is 0 Å². The predicted molar refractivity (Wildman–Crippen MR) is 73.5 cm³/mol. The molecule has 0 saturated carbocycles. The highest BCUT2D eigenvalue weighted by Gasteiger charge is 2.40. The van der Waals surface area contributed by atoms with E-state index >= 15 is 0 Å². The van der Waals surface area contributed by atoms with Gasteiger partial charge in [0.25, 0.3) is 0 Å². The number of carbonyl (C=O) groups excluding carboxylic acids is 1. The molecule has 1 heterocycles. The standard InChI is InChI=1S/C12H13BrN4O2/c1-12(7-15-16-14)8-17(11(18)19-12)6-9-4-2-3-5-10(9)13/h2-5H,6-8H2,1H3. The van der Waals surface area contributed by atoms with Crippen molar-refractivity contribution >= 4 is 22.0 Å². The molecule has 0 bridgehead atoms. The topological polar surface area (TPSA) is 78.3 Å². The summed E-state index contributed by atoms with van der Waals surface area (Å²) >= 11 is 3.45. The second kappa shape index (κ2) is 5.50. The summed E-state index contributed by atoms with van der Waals surface area (Å²) in [6, 6.07) is 7.71. The Morgan fingerprint density at radius 1 is 1.58 bits per heavy atom. The third-order valence-electron chi connectivity index (χ3n) is 2.90. The number of hydrogen-bond donors (Lipinski definition) is 0.